The summed E-state index contributed by atoms with van der Waals surface area (Å²) in [7, 11) is 0. The highest BCUT2D eigenvalue weighted by molar-refractivity contribution is 6.37. The summed E-state index contributed by atoms with van der Waals surface area (Å²) in [6.45, 7) is 0.505. The maximum absolute atomic E-state index is 9.40. The molecule has 4 nitrogen and oxygen atoms in total. The van der Waals surface area contributed by atoms with E-state index in [1.54, 1.807) is 30.7 Å². The molecule has 0 aliphatic heterocycles. The molecule has 6 heteroatoms. The van der Waals surface area contributed by atoms with E-state index in [1.165, 1.54) is 0 Å². The van der Waals surface area contributed by atoms with Gasteiger partial charge in [-0.25, -0.2) is 0 Å². The maximum Gasteiger partial charge on any atom is 0.152 e. The highest BCUT2D eigenvalue weighted by Crippen LogP contribution is 2.34. The predicted molar refractivity (Wildman–Crippen MR) is 67.5 cm³/mol. The third-order valence-corrected chi connectivity index (χ3v) is 2.68. The molecule has 1 aromatic heterocycles. The third-order valence-electron chi connectivity index (χ3n) is 2.11. The number of benzene rings is 1. The van der Waals surface area contributed by atoms with E-state index >= 15 is 0 Å². The van der Waals surface area contributed by atoms with Crippen LogP contribution in [0.15, 0.2) is 30.7 Å². The van der Waals surface area contributed by atoms with Crippen molar-refractivity contribution in [1.29, 1.82) is 0 Å². The summed E-state index contributed by atoms with van der Waals surface area (Å²) in [6.07, 6.45) is 4.89. The van der Waals surface area contributed by atoms with Crippen LogP contribution in [0.5, 0.6) is 5.75 Å². The minimum Gasteiger partial charge on any atom is -0.505 e. The molecular weight excluding hydrogens is 261 g/mol. The number of rotatable bonds is 3. The van der Waals surface area contributed by atoms with Crippen LogP contribution in [0.2, 0.25) is 10.0 Å². The Labute approximate surface area is 108 Å². The molecule has 0 saturated carbocycles. The average molecular weight is 270 g/mol. The van der Waals surface area contributed by atoms with Crippen LogP contribution in [-0.2, 0) is 6.54 Å². The highest BCUT2D eigenvalue weighted by Gasteiger charge is 2.06. The molecule has 2 rings (SSSR count). The molecule has 88 valence electrons. The fourth-order valence-electron chi connectivity index (χ4n) is 1.28. The maximum atomic E-state index is 9.40. The molecule has 0 atom stereocenters. The van der Waals surface area contributed by atoms with Crippen LogP contribution in [0.25, 0.3) is 0 Å². The molecule has 0 bridgehead atoms. The normalized spacial score (nSPS) is 10.2. The van der Waals surface area contributed by atoms with E-state index < -0.39 is 0 Å². The van der Waals surface area contributed by atoms with Gasteiger partial charge in [0, 0.05) is 18.1 Å². The van der Waals surface area contributed by atoms with Crippen molar-refractivity contribution in [2.45, 2.75) is 6.54 Å². The summed E-state index contributed by atoms with van der Waals surface area (Å²) in [5, 5.41) is 12.9. The molecule has 0 aliphatic rings. The van der Waals surface area contributed by atoms with Crippen molar-refractivity contribution in [3.05, 3.63) is 46.5 Å². The number of aromatic nitrogens is 2. The quantitative estimate of drug-likeness (QED) is 0.841. The lowest BCUT2D eigenvalue weighted by Gasteiger charge is -2.08. The molecule has 0 radical (unpaired) electrons. The Bertz CT molecular complexity index is 496. The first-order chi connectivity index (χ1) is 8.16. The van der Waals surface area contributed by atoms with Gasteiger partial charge in [-0.05, 0) is 12.1 Å². The van der Waals surface area contributed by atoms with Gasteiger partial charge in [-0.3, -0.25) is 9.97 Å². The SMILES string of the molecule is Oc1c(Cl)cc(NCc2cnccn2)cc1Cl. The van der Waals surface area contributed by atoms with Gasteiger partial charge in [0.1, 0.15) is 0 Å². The van der Waals surface area contributed by atoms with E-state index in [0.717, 1.165) is 5.69 Å². The van der Waals surface area contributed by atoms with Crippen molar-refractivity contribution in [3.8, 4) is 5.75 Å². The lowest BCUT2D eigenvalue weighted by atomic mass is 10.3. The number of phenols is 1. The van der Waals surface area contributed by atoms with E-state index in [2.05, 4.69) is 15.3 Å². The Morgan fingerprint density at radius 1 is 1.18 bits per heavy atom. The van der Waals surface area contributed by atoms with E-state index in [4.69, 9.17) is 23.2 Å². The Kier molecular flexibility index (Phi) is 3.66. The number of aromatic hydroxyl groups is 1. The van der Waals surface area contributed by atoms with Crippen molar-refractivity contribution < 1.29 is 5.11 Å². The Morgan fingerprint density at radius 2 is 1.88 bits per heavy atom. The molecule has 2 N–H and O–H groups in total. The van der Waals surface area contributed by atoms with Crippen LogP contribution < -0.4 is 5.32 Å². The number of hydrogen-bond acceptors (Lipinski definition) is 4. The van der Waals surface area contributed by atoms with Gasteiger partial charge >= 0.3 is 0 Å². The number of phenolic OH excluding ortho intramolecular Hbond substituents is 1. The van der Waals surface area contributed by atoms with Gasteiger partial charge in [0.15, 0.2) is 5.75 Å². The molecule has 0 amide bonds. The molecule has 0 spiro atoms. The Balaban J connectivity index is 2.10. The van der Waals surface area contributed by atoms with Crippen molar-refractivity contribution >= 4 is 28.9 Å². The zero-order valence-electron chi connectivity index (χ0n) is 8.69. The minimum absolute atomic E-state index is 0.113. The van der Waals surface area contributed by atoms with Crippen molar-refractivity contribution in [2.75, 3.05) is 5.32 Å². The third kappa shape index (κ3) is 2.99. The van der Waals surface area contributed by atoms with E-state index in [1.807, 2.05) is 0 Å². The minimum atomic E-state index is -0.113. The monoisotopic (exact) mass is 269 g/mol. The molecule has 0 aliphatic carbocycles. The second kappa shape index (κ2) is 5.21. The van der Waals surface area contributed by atoms with Gasteiger partial charge in [0.2, 0.25) is 0 Å². The largest absolute Gasteiger partial charge is 0.505 e. The summed E-state index contributed by atoms with van der Waals surface area (Å²) >= 11 is 11.6. The average Bonchev–Trinajstić information content (AvgIpc) is 2.34. The first-order valence-electron chi connectivity index (χ1n) is 4.83. The van der Waals surface area contributed by atoms with E-state index in [9.17, 15) is 5.11 Å². The molecule has 0 unspecified atom stereocenters. The molecule has 0 fully saturated rings. The van der Waals surface area contributed by atoms with Gasteiger partial charge in [0.05, 0.1) is 28.5 Å². The smallest absolute Gasteiger partial charge is 0.152 e. The van der Waals surface area contributed by atoms with Gasteiger partial charge in [0.25, 0.3) is 0 Å². The fraction of sp³-hybridized carbons (Fsp3) is 0.0909. The number of anilines is 1. The molecule has 0 saturated heterocycles. The second-order valence-corrected chi connectivity index (χ2v) is 4.15. The van der Waals surface area contributed by atoms with Crippen LogP contribution in [0.4, 0.5) is 5.69 Å². The summed E-state index contributed by atoms with van der Waals surface area (Å²) < 4.78 is 0. The van der Waals surface area contributed by atoms with Crippen LogP contribution in [-0.4, -0.2) is 15.1 Å². The van der Waals surface area contributed by atoms with Gasteiger partial charge < -0.3 is 10.4 Å². The molecule has 17 heavy (non-hydrogen) atoms. The second-order valence-electron chi connectivity index (χ2n) is 3.34. The lowest BCUT2D eigenvalue weighted by Crippen LogP contribution is -2.01. The van der Waals surface area contributed by atoms with E-state index in [0.29, 0.717) is 12.2 Å². The number of halogens is 2. The number of hydrogen-bond donors (Lipinski definition) is 2. The Hall–Kier alpha value is -1.52. The van der Waals surface area contributed by atoms with Gasteiger partial charge in [-0.1, -0.05) is 23.2 Å². The molecule has 1 heterocycles. The zero-order valence-corrected chi connectivity index (χ0v) is 10.2. The number of nitrogens with one attached hydrogen (secondary N) is 1. The number of nitrogens with zero attached hydrogens (tertiary/aromatic N) is 2. The first-order valence-corrected chi connectivity index (χ1v) is 5.59. The topological polar surface area (TPSA) is 58.0 Å². The first kappa shape index (κ1) is 12.0. The van der Waals surface area contributed by atoms with Crippen LogP contribution in [0.3, 0.4) is 0 Å². The van der Waals surface area contributed by atoms with Gasteiger partial charge in [-0.15, -0.1) is 0 Å². The molecular formula is C11H9Cl2N3O. The summed E-state index contributed by atoms with van der Waals surface area (Å²) in [6, 6.07) is 3.19. The zero-order chi connectivity index (χ0) is 12.3. The van der Waals surface area contributed by atoms with Crippen LogP contribution in [0.1, 0.15) is 5.69 Å². The highest BCUT2D eigenvalue weighted by atomic mass is 35.5. The summed E-state index contributed by atoms with van der Waals surface area (Å²) in [5.41, 5.74) is 1.51. The van der Waals surface area contributed by atoms with Crippen molar-refractivity contribution in [2.24, 2.45) is 0 Å². The van der Waals surface area contributed by atoms with Crippen LogP contribution >= 0.6 is 23.2 Å². The van der Waals surface area contributed by atoms with E-state index in [-0.39, 0.29) is 15.8 Å². The summed E-state index contributed by atoms with van der Waals surface area (Å²) in [4.78, 5) is 8.07. The van der Waals surface area contributed by atoms with Gasteiger partial charge in [-0.2, -0.15) is 0 Å². The molecule has 1 aromatic carbocycles. The standard InChI is InChI=1S/C11H9Cl2N3O/c12-9-3-7(4-10(13)11(9)17)16-6-8-5-14-1-2-15-8/h1-5,16-17H,6H2. The molecule has 2 aromatic rings. The lowest BCUT2D eigenvalue weighted by molar-refractivity contribution is 0.476. The summed E-state index contributed by atoms with van der Waals surface area (Å²) in [5.74, 6) is -0.113. The predicted octanol–water partition coefficient (Wildman–Crippen LogP) is 3.10. The van der Waals surface area contributed by atoms with Crippen molar-refractivity contribution in [1.82, 2.24) is 9.97 Å². The Morgan fingerprint density at radius 3 is 2.47 bits per heavy atom. The van der Waals surface area contributed by atoms with Crippen LogP contribution in [0, 0.1) is 0 Å². The fourth-order valence-corrected chi connectivity index (χ4v) is 1.77. The van der Waals surface area contributed by atoms with Crippen molar-refractivity contribution in [3.63, 3.8) is 0 Å².